The molecule has 0 aromatic heterocycles. The second-order valence-electron chi connectivity index (χ2n) is 22.0. The lowest BCUT2D eigenvalue weighted by atomic mass is 9.80. The molecular formula is C58H94O7Si2. The van der Waals surface area contributed by atoms with Crippen LogP contribution in [0.25, 0.3) is 0 Å². The van der Waals surface area contributed by atoms with Gasteiger partial charge in [0.2, 0.25) is 0 Å². The molecule has 9 heteroatoms. The third-order valence-corrected chi connectivity index (χ3v) is 24.2. The minimum absolute atomic E-state index is 0.00699. The smallest absolute Gasteiger partial charge is 0.311 e. The van der Waals surface area contributed by atoms with Gasteiger partial charge in [0.05, 0.1) is 43.0 Å². The lowest BCUT2D eigenvalue weighted by molar-refractivity contribution is -0.153. The normalized spacial score (nSPS) is 16.5. The van der Waals surface area contributed by atoms with Crippen LogP contribution in [0.4, 0.5) is 0 Å². The number of methoxy groups -OCH3 is 2. The molecule has 0 aliphatic rings. The molecule has 3 rings (SSSR count). The molecular weight excluding hydrogens is 865 g/mol. The predicted octanol–water partition coefficient (Wildman–Crippen LogP) is 15.2. The average molecular weight is 960 g/mol. The van der Waals surface area contributed by atoms with Gasteiger partial charge >= 0.3 is 5.97 Å². The molecule has 0 saturated heterocycles. The maximum atomic E-state index is 12.9. The first-order chi connectivity index (χ1) is 31.5. The fourth-order valence-corrected chi connectivity index (χ4v) is 13.6. The van der Waals surface area contributed by atoms with Crippen molar-refractivity contribution in [1.82, 2.24) is 0 Å². The van der Waals surface area contributed by atoms with E-state index in [1.165, 1.54) is 5.57 Å². The van der Waals surface area contributed by atoms with E-state index in [0.29, 0.717) is 25.6 Å². The quantitative estimate of drug-likeness (QED) is 0.0297. The molecule has 3 aromatic carbocycles. The van der Waals surface area contributed by atoms with E-state index < -0.39 is 27.7 Å². The van der Waals surface area contributed by atoms with Crippen molar-refractivity contribution < 1.29 is 32.6 Å². The number of benzene rings is 3. The van der Waals surface area contributed by atoms with Crippen molar-refractivity contribution in [3.05, 3.63) is 119 Å². The number of hydrogen-bond acceptors (Lipinski definition) is 7. The molecule has 0 fully saturated rings. The van der Waals surface area contributed by atoms with Crippen molar-refractivity contribution >= 4 is 22.6 Å². The monoisotopic (exact) mass is 959 g/mol. The van der Waals surface area contributed by atoms with Gasteiger partial charge < -0.3 is 27.8 Å². The first kappa shape index (κ1) is 58.4. The Bertz CT molecular complexity index is 1760. The number of allylic oxidation sites excluding steroid dienone is 1. The van der Waals surface area contributed by atoms with Gasteiger partial charge in [-0.15, -0.1) is 0 Å². The number of carbonyl (C=O) groups excluding carboxylic acids is 1. The Labute approximate surface area is 411 Å². The van der Waals surface area contributed by atoms with Crippen LogP contribution in [-0.2, 0) is 38.2 Å². The Morgan fingerprint density at radius 2 is 1.18 bits per heavy atom. The number of carbonyl (C=O) groups is 1. The molecule has 0 aliphatic carbocycles. The van der Waals surface area contributed by atoms with Crippen molar-refractivity contribution in [2.24, 2.45) is 23.2 Å². The molecule has 0 spiro atoms. The average Bonchev–Trinajstić information content (AvgIpc) is 3.31. The molecule has 0 N–H and O–H groups in total. The summed E-state index contributed by atoms with van der Waals surface area (Å²) in [6, 6.07) is 34.8. The van der Waals surface area contributed by atoms with Crippen molar-refractivity contribution in [2.45, 2.75) is 188 Å². The van der Waals surface area contributed by atoms with Gasteiger partial charge in [0.1, 0.15) is 5.60 Å². The molecule has 7 atom stereocenters. The van der Waals surface area contributed by atoms with Gasteiger partial charge in [0.15, 0.2) is 16.6 Å². The molecule has 0 aliphatic heterocycles. The molecule has 0 radical (unpaired) electrons. The van der Waals surface area contributed by atoms with E-state index in [0.717, 1.165) is 60.5 Å². The standard InChI is InChI=1S/C58H94O7Si2/c1-18-67(19-2,20-3)64-53(40-41-62-55(59)56(8,9)10)47(7)54(65-66(16,17)57(11,12)13)46(6)38-39-52(61-15)45(5)37-36-44(4)42-51(60-14)43-63-58(48-30-24-21-25-31-48,49-32-26-22-27-33-49)50-34-28-23-29-35-50/h21-35,37,44,46-47,51-54H,18-20,36,38-43H2,1-17H3/b45-37-/t44-,46-,47-,51-,52+,53-,54-/m1/s1. The maximum absolute atomic E-state index is 12.9. The molecule has 67 heavy (non-hydrogen) atoms. The SMILES string of the molecule is CC[Si](CC)(CC)O[C@H](CCOC(=O)C(C)(C)C)[C@@H](C)[C@H](O[Si](C)(C)C(C)(C)C)[C@H](C)CC[C@H](OC)/C(C)=C\C[C@@H](C)C[C@H](COC(c1ccccc1)(c1ccccc1)c1ccccc1)OC. The van der Waals surface area contributed by atoms with Gasteiger partial charge in [0.25, 0.3) is 0 Å². The van der Waals surface area contributed by atoms with Crippen molar-refractivity contribution in [3.8, 4) is 0 Å². The van der Waals surface area contributed by atoms with Crippen LogP contribution < -0.4 is 0 Å². The zero-order valence-corrected chi connectivity index (χ0v) is 47.2. The first-order valence-electron chi connectivity index (χ1n) is 25.6. The molecule has 3 aromatic rings. The van der Waals surface area contributed by atoms with Crippen molar-refractivity contribution in [2.75, 3.05) is 27.4 Å². The van der Waals surface area contributed by atoms with Gasteiger partial charge in [-0.2, -0.15) is 0 Å². The largest absolute Gasteiger partial charge is 0.465 e. The molecule has 0 bridgehead atoms. The van der Waals surface area contributed by atoms with Crippen molar-refractivity contribution in [1.29, 1.82) is 0 Å². The van der Waals surface area contributed by atoms with E-state index in [2.05, 4.69) is 179 Å². The Morgan fingerprint density at radius 1 is 0.687 bits per heavy atom. The number of esters is 1. The Kier molecular flexibility index (Phi) is 23.5. The second kappa shape index (κ2) is 26.9. The molecule has 0 amide bonds. The number of rotatable bonds is 29. The minimum Gasteiger partial charge on any atom is -0.465 e. The summed E-state index contributed by atoms with van der Waals surface area (Å²) in [5.41, 5.74) is 3.16. The fourth-order valence-electron chi connectivity index (χ4n) is 9.10. The van der Waals surface area contributed by atoms with Crippen LogP contribution in [0, 0.1) is 23.2 Å². The highest BCUT2D eigenvalue weighted by molar-refractivity contribution is 6.74. The summed E-state index contributed by atoms with van der Waals surface area (Å²) in [6.45, 7) is 34.3. The summed E-state index contributed by atoms with van der Waals surface area (Å²) < 4.78 is 40.3. The van der Waals surface area contributed by atoms with E-state index >= 15 is 0 Å². The second-order valence-corrected chi connectivity index (χ2v) is 31.5. The number of ether oxygens (including phenoxy) is 4. The predicted molar refractivity (Wildman–Crippen MR) is 286 cm³/mol. The lowest BCUT2D eigenvalue weighted by Crippen LogP contribution is -2.51. The highest BCUT2D eigenvalue weighted by Gasteiger charge is 2.45. The first-order valence-corrected chi connectivity index (χ1v) is 31.0. The Hall–Kier alpha value is -2.90. The number of hydrogen-bond donors (Lipinski definition) is 0. The van der Waals surface area contributed by atoms with Crippen LogP contribution in [0.1, 0.15) is 139 Å². The Morgan fingerprint density at radius 3 is 1.60 bits per heavy atom. The fraction of sp³-hybridized carbons (Fsp3) is 0.638. The third-order valence-electron chi connectivity index (χ3n) is 15.0. The van der Waals surface area contributed by atoms with E-state index in [1.54, 1.807) is 7.11 Å². The Balaban J connectivity index is 1.81. The van der Waals surface area contributed by atoms with Crippen LogP contribution in [0.2, 0.25) is 36.3 Å². The van der Waals surface area contributed by atoms with Crippen LogP contribution in [0.15, 0.2) is 103 Å². The highest BCUT2D eigenvalue weighted by Crippen LogP contribution is 2.43. The molecule has 0 unspecified atom stereocenters. The van der Waals surface area contributed by atoms with Gasteiger partial charge in [-0.1, -0.05) is 159 Å². The van der Waals surface area contributed by atoms with E-state index in [-0.39, 0.29) is 47.3 Å². The summed E-state index contributed by atoms with van der Waals surface area (Å²) in [4.78, 5) is 12.9. The van der Waals surface area contributed by atoms with E-state index in [4.69, 9.17) is 27.8 Å². The van der Waals surface area contributed by atoms with Crippen LogP contribution >= 0.6 is 0 Å². The lowest BCUT2D eigenvalue weighted by Gasteiger charge is -2.46. The van der Waals surface area contributed by atoms with E-state index in [1.807, 2.05) is 27.9 Å². The summed E-state index contributed by atoms with van der Waals surface area (Å²) in [6.07, 6.45) is 6.42. The van der Waals surface area contributed by atoms with Crippen LogP contribution in [0.3, 0.4) is 0 Å². The zero-order chi connectivity index (χ0) is 50.1. The minimum atomic E-state index is -2.19. The summed E-state index contributed by atoms with van der Waals surface area (Å²) >= 11 is 0. The third kappa shape index (κ3) is 16.6. The summed E-state index contributed by atoms with van der Waals surface area (Å²) in [5.74, 6) is 0.528. The van der Waals surface area contributed by atoms with Gasteiger partial charge in [-0.25, -0.2) is 0 Å². The molecule has 7 nitrogen and oxygen atoms in total. The van der Waals surface area contributed by atoms with Gasteiger partial charge in [0, 0.05) is 26.6 Å². The molecule has 376 valence electrons. The molecule has 0 saturated carbocycles. The molecule has 0 heterocycles. The summed E-state index contributed by atoms with van der Waals surface area (Å²) in [7, 11) is -0.551. The van der Waals surface area contributed by atoms with Crippen LogP contribution in [-0.4, -0.2) is 74.5 Å². The van der Waals surface area contributed by atoms with Crippen LogP contribution in [0.5, 0.6) is 0 Å². The van der Waals surface area contributed by atoms with E-state index in [9.17, 15) is 4.79 Å². The van der Waals surface area contributed by atoms with Gasteiger partial charge in [-0.3, -0.25) is 4.79 Å². The topological polar surface area (TPSA) is 72.5 Å². The van der Waals surface area contributed by atoms with Crippen molar-refractivity contribution in [3.63, 3.8) is 0 Å². The highest BCUT2D eigenvalue weighted by atomic mass is 28.4. The summed E-state index contributed by atoms with van der Waals surface area (Å²) in [5, 5.41) is 0.0475. The zero-order valence-electron chi connectivity index (χ0n) is 45.2. The maximum Gasteiger partial charge on any atom is 0.311 e. The van der Waals surface area contributed by atoms with Gasteiger partial charge in [-0.05, 0) is 124 Å².